The summed E-state index contributed by atoms with van der Waals surface area (Å²) in [6.45, 7) is 10.4. The van der Waals surface area contributed by atoms with Gasteiger partial charge in [-0.15, -0.1) is 0 Å². The van der Waals surface area contributed by atoms with Crippen LogP contribution in [-0.4, -0.2) is 9.97 Å². The van der Waals surface area contributed by atoms with E-state index in [9.17, 15) is 0 Å². The molecule has 0 bridgehead atoms. The molecule has 0 unspecified atom stereocenters. The van der Waals surface area contributed by atoms with Gasteiger partial charge in [-0.1, -0.05) is 111 Å². The summed E-state index contributed by atoms with van der Waals surface area (Å²) in [4.78, 5) is 9.60. The summed E-state index contributed by atoms with van der Waals surface area (Å²) in [6, 6.07) is 35.3. The molecule has 48 heavy (non-hydrogen) atoms. The first-order valence-electron chi connectivity index (χ1n) is 18.4. The number of para-hydroxylation sites is 1. The van der Waals surface area contributed by atoms with Gasteiger partial charge in [0.2, 0.25) is 0 Å². The van der Waals surface area contributed by atoms with Crippen LogP contribution in [0.4, 0.5) is 0 Å². The van der Waals surface area contributed by atoms with E-state index in [1.165, 1.54) is 102 Å². The van der Waals surface area contributed by atoms with Crippen molar-refractivity contribution >= 4 is 21.7 Å². The van der Waals surface area contributed by atoms with Gasteiger partial charge in [0, 0.05) is 28.1 Å². The first kappa shape index (κ1) is 32.3. The first-order valence-corrected chi connectivity index (χ1v) is 18.4. The van der Waals surface area contributed by atoms with Crippen molar-refractivity contribution in [2.24, 2.45) is 0 Å². The molecule has 2 aromatic heterocycles. The molecule has 2 saturated carbocycles. The minimum atomic E-state index is 0.465. The Morgan fingerprint density at radius 1 is 0.542 bits per heavy atom. The Kier molecular flexibility index (Phi) is 8.94. The lowest BCUT2D eigenvalue weighted by atomic mass is 9.75. The van der Waals surface area contributed by atoms with Gasteiger partial charge in [-0.2, -0.15) is 0 Å². The van der Waals surface area contributed by atoms with E-state index in [4.69, 9.17) is 9.97 Å². The van der Waals surface area contributed by atoms with Crippen molar-refractivity contribution in [3.8, 4) is 22.5 Å². The van der Waals surface area contributed by atoms with Gasteiger partial charge in [0.05, 0.1) is 16.9 Å². The van der Waals surface area contributed by atoms with Crippen molar-refractivity contribution in [3.05, 3.63) is 131 Å². The number of nitrogens with zero attached hydrogens (tertiary/aromatic N) is 2. The van der Waals surface area contributed by atoms with Crippen LogP contribution in [-0.2, 0) is 10.8 Å². The van der Waals surface area contributed by atoms with Crippen LogP contribution in [0.1, 0.15) is 99.5 Å². The number of hydrogen-bond acceptors (Lipinski definition) is 2. The monoisotopic (exact) mass is 630 g/mol. The zero-order chi connectivity index (χ0) is 33.3. The maximum atomic E-state index is 4.81. The molecule has 244 valence electrons. The molecule has 3 aliphatic rings. The molecule has 2 heterocycles. The molecular formula is C46H50N2. The average Bonchev–Trinajstić information content (AvgIpc) is 3.85. The van der Waals surface area contributed by atoms with Crippen molar-refractivity contribution in [1.82, 2.24) is 9.97 Å². The molecule has 4 aromatic carbocycles. The maximum absolute atomic E-state index is 4.81. The summed E-state index contributed by atoms with van der Waals surface area (Å²) >= 11 is 0. The third kappa shape index (κ3) is 5.96. The van der Waals surface area contributed by atoms with Crippen LogP contribution in [0.2, 0.25) is 0 Å². The molecule has 0 aliphatic heterocycles. The molecule has 9 rings (SSSR count). The zero-order valence-electron chi connectivity index (χ0n) is 29.6. The van der Waals surface area contributed by atoms with E-state index in [1.54, 1.807) is 11.1 Å². The van der Waals surface area contributed by atoms with E-state index in [1.807, 2.05) is 26.1 Å². The van der Waals surface area contributed by atoms with Gasteiger partial charge in [-0.3, -0.25) is 4.98 Å². The zero-order valence-corrected chi connectivity index (χ0v) is 29.6. The highest BCUT2D eigenvalue weighted by Gasteiger charge is 2.53. The van der Waals surface area contributed by atoms with Gasteiger partial charge in [-0.05, 0) is 122 Å². The highest BCUT2D eigenvalue weighted by atomic mass is 14.7. The van der Waals surface area contributed by atoms with E-state index in [0.717, 1.165) is 16.9 Å². The number of aromatic nitrogens is 2. The SMILES string of the molecule is CC.Cc1cc(C)cc(-c2cc(C)c3ccccc3n2)c1.c1ccc2cc(-c3ccc4c(c3)C3(CCCC3)CC43CCCC3)ncc2c1. The largest absolute Gasteiger partial charge is 0.256 e. The van der Waals surface area contributed by atoms with Crippen molar-refractivity contribution < 1.29 is 0 Å². The Labute approximate surface area is 287 Å². The normalized spacial score (nSPS) is 16.9. The van der Waals surface area contributed by atoms with E-state index in [-0.39, 0.29) is 0 Å². The van der Waals surface area contributed by atoms with Gasteiger partial charge in [0.15, 0.2) is 0 Å². The topological polar surface area (TPSA) is 25.8 Å². The summed E-state index contributed by atoms with van der Waals surface area (Å²) in [5.41, 5.74) is 13.9. The minimum absolute atomic E-state index is 0.465. The molecular weight excluding hydrogens is 581 g/mol. The molecule has 0 saturated heterocycles. The van der Waals surface area contributed by atoms with E-state index < -0.39 is 0 Å². The van der Waals surface area contributed by atoms with Crippen molar-refractivity contribution in [1.29, 1.82) is 0 Å². The fourth-order valence-electron chi connectivity index (χ4n) is 9.30. The van der Waals surface area contributed by atoms with Gasteiger partial charge in [-0.25, -0.2) is 4.98 Å². The van der Waals surface area contributed by atoms with E-state index in [0.29, 0.717) is 10.8 Å². The number of fused-ring (bicyclic) bond motifs is 5. The number of aryl methyl sites for hydroxylation is 3. The molecule has 0 amide bonds. The molecule has 0 radical (unpaired) electrons. The lowest BCUT2D eigenvalue weighted by molar-refractivity contribution is 0.324. The van der Waals surface area contributed by atoms with Crippen LogP contribution in [0.25, 0.3) is 44.2 Å². The minimum Gasteiger partial charge on any atom is -0.256 e. The second kappa shape index (κ2) is 13.3. The highest BCUT2D eigenvalue weighted by molar-refractivity contribution is 5.86. The Bertz CT molecular complexity index is 2050. The highest BCUT2D eigenvalue weighted by Crippen LogP contribution is 2.62. The summed E-state index contributed by atoms with van der Waals surface area (Å²) in [7, 11) is 0. The number of hydrogen-bond donors (Lipinski definition) is 0. The van der Waals surface area contributed by atoms with Gasteiger partial charge in [0.25, 0.3) is 0 Å². The lowest BCUT2D eigenvalue weighted by Gasteiger charge is -2.29. The van der Waals surface area contributed by atoms with Crippen molar-refractivity contribution in [2.75, 3.05) is 0 Å². The molecule has 2 nitrogen and oxygen atoms in total. The molecule has 2 fully saturated rings. The second-order valence-corrected chi connectivity index (χ2v) is 14.5. The Balaban J connectivity index is 0.000000153. The predicted octanol–water partition coefficient (Wildman–Crippen LogP) is 12.8. The lowest BCUT2D eigenvalue weighted by Crippen LogP contribution is -2.24. The van der Waals surface area contributed by atoms with Crippen LogP contribution in [0.15, 0.2) is 103 Å². The predicted molar refractivity (Wildman–Crippen MR) is 205 cm³/mol. The van der Waals surface area contributed by atoms with Crippen LogP contribution >= 0.6 is 0 Å². The summed E-state index contributed by atoms with van der Waals surface area (Å²) in [5.74, 6) is 0. The van der Waals surface area contributed by atoms with Crippen molar-refractivity contribution in [3.63, 3.8) is 0 Å². The summed E-state index contributed by atoms with van der Waals surface area (Å²) < 4.78 is 0. The smallest absolute Gasteiger partial charge is 0.0712 e. The van der Waals surface area contributed by atoms with Gasteiger partial charge < -0.3 is 0 Å². The Morgan fingerprint density at radius 3 is 1.88 bits per heavy atom. The van der Waals surface area contributed by atoms with Gasteiger partial charge >= 0.3 is 0 Å². The standard InChI is InChI=1S/C26H27N.C18H17N.C2H6/c1-2-8-21-17-27-24(16-19(21)7-1)20-9-10-22-23(15-20)26(13-5-6-14-26)18-25(22)11-3-4-12-25;1-12-8-13(2)10-15(9-12)18-11-14(3)16-6-4-5-7-17(16)19-18;1-2/h1-2,7-10,15-17H,3-6,11-14,18H2;4-11H,1-3H3;1-2H3. The number of rotatable bonds is 2. The van der Waals surface area contributed by atoms with Crippen molar-refractivity contribution in [2.45, 2.75) is 103 Å². The van der Waals surface area contributed by atoms with Crippen LogP contribution < -0.4 is 0 Å². The maximum Gasteiger partial charge on any atom is 0.0712 e. The first-order chi connectivity index (χ1) is 23.4. The third-order valence-corrected chi connectivity index (χ3v) is 11.3. The van der Waals surface area contributed by atoms with E-state index in [2.05, 4.69) is 112 Å². The van der Waals surface area contributed by atoms with Crippen LogP contribution in [0.3, 0.4) is 0 Å². The molecule has 6 aromatic rings. The summed E-state index contributed by atoms with van der Waals surface area (Å²) in [6.07, 6.45) is 14.7. The third-order valence-electron chi connectivity index (χ3n) is 11.3. The molecule has 0 N–H and O–H groups in total. The van der Waals surface area contributed by atoms with E-state index >= 15 is 0 Å². The summed E-state index contributed by atoms with van der Waals surface area (Å²) in [5, 5.41) is 3.74. The molecule has 3 aliphatic carbocycles. The quantitative estimate of drug-likeness (QED) is 0.190. The van der Waals surface area contributed by atoms with Crippen LogP contribution in [0, 0.1) is 20.8 Å². The van der Waals surface area contributed by atoms with Crippen LogP contribution in [0.5, 0.6) is 0 Å². The number of pyridine rings is 2. The second-order valence-electron chi connectivity index (χ2n) is 14.5. The Morgan fingerprint density at radius 2 is 1.17 bits per heavy atom. The molecule has 0 atom stereocenters. The Hall–Kier alpha value is -4.30. The van der Waals surface area contributed by atoms with Gasteiger partial charge in [0.1, 0.15) is 0 Å². The molecule has 2 spiro atoms. The fraction of sp³-hybridized carbons (Fsp3) is 0.348. The number of benzene rings is 4. The fourth-order valence-corrected chi connectivity index (χ4v) is 9.30. The average molecular weight is 631 g/mol. The molecule has 2 heteroatoms.